The molecule has 2 aromatic rings. The Labute approximate surface area is 152 Å². The lowest BCUT2D eigenvalue weighted by molar-refractivity contribution is -0.133. The minimum absolute atomic E-state index is 0.168. The first kappa shape index (κ1) is 18.4. The monoisotopic (exact) mass is 358 g/mol. The van der Waals surface area contributed by atoms with E-state index < -0.39 is 11.2 Å². The zero-order chi connectivity index (χ0) is 18.7. The summed E-state index contributed by atoms with van der Waals surface area (Å²) in [4.78, 5) is 42.2. The summed E-state index contributed by atoms with van der Waals surface area (Å²) in [6.07, 6.45) is 1.09. The Morgan fingerprint density at radius 2 is 1.69 bits per heavy atom. The topological polar surface area (TPSA) is 67.5 Å². The molecule has 0 radical (unpaired) electrons. The number of aryl methyl sites for hydroxylation is 1. The smallest absolute Gasteiger partial charge is 0.331 e. The Morgan fingerprint density at radius 1 is 1.00 bits per heavy atom. The van der Waals surface area contributed by atoms with Gasteiger partial charge in [0.05, 0.1) is 10.9 Å². The molecule has 3 rings (SSSR count). The van der Waals surface area contributed by atoms with Gasteiger partial charge in [-0.05, 0) is 32.0 Å². The molecule has 0 atom stereocenters. The molecule has 1 saturated heterocycles. The molecule has 7 nitrogen and oxygen atoms in total. The number of carbonyl (C=O) groups is 1. The van der Waals surface area contributed by atoms with E-state index in [2.05, 4.69) is 11.8 Å². The molecular formula is C19H26N4O3. The number of fused-ring (bicyclic) bond motifs is 1. The maximum Gasteiger partial charge on any atom is 0.331 e. The Kier molecular flexibility index (Phi) is 5.56. The van der Waals surface area contributed by atoms with E-state index in [4.69, 9.17) is 0 Å². The zero-order valence-electron chi connectivity index (χ0n) is 15.5. The fourth-order valence-electron chi connectivity index (χ4n) is 3.59. The third-order valence-electron chi connectivity index (χ3n) is 5.01. The number of hydrogen-bond acceptors (Lipinski definition) is 4. The van der Waals surface area contributed by atoms with E-state index in [1.54, 1.807) is 33.7 Å². The predicted octanol–water partition coefficient (Wildman–Crippen LogP) is 0.737. The van der Waals surface area contributed by atoms with Crippen LogP contribution < -0.4 is 11.2 Å². The van der Waals surface area contributed by atoms with Gasteiger partial charge in [-0.15, -0.1) is 0 Å². The van der Waals surface area contributed by atoms with Crippen molar-refractivity contribution in [2.24, 2.45) is 0 Å². The number of nitrogens with zero attached hydrogens (tertiary/aromatic N) is 4. The molecular weight excluding hydrogens is 332 g/mol. The number of rotatable bonds is 5. The number of piperazine rings is 1. The van der Waals surface area contributed by atoms with E-state index in [9.17, 15) is 14.4 Å². The van der Waals surface area contributed by atoms with Crippen LogP contribution in [0.4, 0.5) is 0 Å². The Hall–Kier alpha value is -2.41. The summed E-state index contributed by atoms with van der Waals surface area (Å²) < 4.78 is 2.62. The van der Waals surface area contributed by atoms with Crippen molar-refractivity contribution in [3.63, 3.8) is 0 Å². The molecule has 1 amide bonds. The van der Waals surface area contributed by atoms with E-state index in [1.165, 1.54) is 0 Å². The summed E-state index contributed by atoms with van der Waals surface area (Å²) in [6.45, 7) is 8.25. The van der Waals surface area contributed by atoms with Gasteiger partial charge in [0.15, 0.2) is 0 Å². The van der Waals surface area contributed by atoms with Crippen LogP contribution in [0.15, 0.2) is 33.9 Å². The summed E-state index contributed by atoms with van der Waals surface area (Å²) in [6, 6.07) is 7.04. The van der Waals surface area contributed by atoms with Crippen molar-refractivity contribution in [3.05, 3.63) is 45.1 Å². The number of carbonyl (C=O) groups excluding carboxylic acids is 1. The SMILES string of the molecule is CCCN1CCN(C(=O)Cn2c(=O)c3ccccc3n(CC)c2=O)CC1. The van der Waals surface area contributed by atoms with E-state index in [-0.39, 0.29) is 12.5 Å². The lowest BCUT2D eigenvalue weighted by atomic mass is 10.2. The molecule has 1 fully saturated rings. The molecule has 7 heteroatoms. The molecule has 26 heavy (non-hydrogen) atoms. The standard InChI is InChI=1S/C19H26N4O3/c1-3-9-20-10-12-21(13-11-20)17(24)14-23-18(25)15-7-5-6-8-16(15)22(4-2)19(23)26/h5-8H,3-4,9-14H2,1-2H3. The van der Waals surface area contributed by atoms with Crippen molar-refractivity contribution >= 4 is 16.8 Å². The van der Waals surface area contributed by atoms with Crippen molar-refractivity contribution < 1.29 is 4.79 Å². The molecule has 0 N–H and O–H groups in total. The Bertz CT molecular complexity index is 907. The van der Waals surface area contributed by atoms with Gasteiger partial charge in [0.25, 0.3) is 5.56 Å². The van der Waals surface area contributed by atoms with Gasteiger partial charge in [-0.2, -0.15) is 0 Å². The highest BCUT2D eigenvalue weighted by molar-refractivity contribution is 5.79. The third-order valence-corrected chi connectivity index (χ3v) is 5.01. The zero-order valence-corrected chi connectivity index (χ0v) is 15.5. The molecule has 0 saturated carbocycles. The molecule has 2 heterocycles. The molecule has 0 spiro atoms. The first-order valence-corrected chi connectivity index (χ1v) is 9.29. The average Bonchev–Trinajstić information content (AvgIpc) is 2.66. The van der Waals surface area contributed by atoms with E-state index >= 15 is 0 Å². The van der Waals surface area contributed by atoms with Gasteiger partial charge < -0.3 is 4.90 Å². The molecule has 1 aromatic heterocycles. The molecule has 0 bridgehead atoms. The van der Waals surface area contributed by atoms with Crippen LogP contribution in [0.1, 0.15) is 20.3 Å². The largest absolute Gasteiger partial charge is 0.339 e. The number of para-hydroxylation sites is 1. The molecule has 140 valence electrons. The fraction of sp³-hybridized carbons (Fsp3) is 0.526. The average molecular weight is 358 g/mol. The van der Waals surface area contributed by atoms with Crippen molar-refractivity contribution in [3.8, 4) is 0 Å². The van der Waals surface area contributed by atoms with Gasteiger partial charge in [-0.25, -0.2) is 4.79 Å². The lowest BCUT2D eigenvalue weighted by Crippen LogP contribution is -2.51. The first-order valence-electron chi connectivity index (χ1n) is 9.29. The van der Waals surface area contributed by atoms with Crippen LogP contribution in [0.5, 0.6) is 0 Å². The summed E-state index contributed by atoms with van der Waals surface area (Å²) in [5.41, 5.74) is -0.204. The second-order valence-corrected chi connectivity index (χ2v) is 6.66. The number of aromatic nitrogens is 2. The quantitative estimate of drug-likeness (QED) is 0.791. The second-order valence-electron chi connectivity index (χ2n) is 6.66. The minimum atomic E-state index is -0.422. The normalized spacial score (nSPS) is 15.5. The Balaban J connectivity index is 1.86. The molecule has 0 unspecified atom stereocenters. The molecule has 0 aliphatic carbocycles. The van der Waals surface area contributed by atoms with Crippen molar-refractivity contribution in [2.75, 3.05) is 32.7 Å². The van der Waals surface area contributed by atoms with Gasteiger partial charge in [0, 0.05) is 32.7 Å². The summed E-state index contributed by atoms with van der Waals surface area (Å²) in [7, 11) is 0. The van der Waals surface area contributed by atoms with Crippen LogP contribution in [0.3, 0.4) is 0 Å². The van der Waals surface area contributed by atoms with Crippen LogP contribution in [-0.4, -0.2) is 57.6 Å². The van der Waals surface area contributed by atoms with Crippen molar-refractivity contribution in [1.29, 1.82) is 0 Å². The highest BCUT2D eigenvalue weighted by Crippen LogP contribution is 2.08. The van der Waals surface area contributed by atoms with E-state index in [1.807, 2.05) is 6.92 Å². The number of hydrogen-bond donors (Lipinski definition) is 0. The van der Waals surface area contributed by atoms with E-state index in [0.29, 0.717) is 30.5 Å². The Morgan fingerprint density at radius 3 is 2.35 bits per heavy atom. The van der Waals surface area contributed by atoms with Crippen molar-refractivity contribution in [1.82, 2.24) is 18.9 Å². The summed E-state index contributed by atoms with van der Waals surface area (Å²) in [5, 5.41) is 0.467. The highest BCUT2D eigenvalue weighted by Gasteiger charge is 2.22. The van der Waals surface area contributed by atoms with Gasteiger partial charge in [-0.1, -0.05) is 19.1 Å². The van der Waals surface area contributed by atoms with Gasteiger partial charge in [0.2, 0.25) is 5.91 Å². The van der Waals surface area contributed by atoms with E-state index in [0.717, 1.165) is 30.6 Å². The minimum Gasteiger partial charge on any atom is -0.339 e. The van der Waals surface area contributed by atoms with Crippen LogP contribution in [-0.2, 0) is 17.9 Å². The number of amides is 1. The van der Waals surface area contributed by atoms with Gasteiger partial charge in [0.1, 0.15) is 6.54 Å². The molecule has 1 aliphatic rings. The van der Waals surface area contributed by atoms with Crippen LogP contribution in [0, 0.1) is 0 Å². The van der Waals surface area contributed by atoms with Gasteiger partial charge in [-0.3, -0.25) is 23.6 Å². The second kappa shape index (κ2) is 7.86. The number of benzene rings is 1. The first-order chi connectivity index (χ1) is 12.6. The van der Waals surface area contributed by atoms with Crippen molar-refractivity contribution in [2.45, 2.75) is 33.4 Å². The maximum absolute atomic E-state index is 12.7. The van der Waals surface area contributed by atoms with Gasteiger partial charge >= 0.3 is 5.69 Å². The molecule has 1 aliphatic heterocycles. The van der Waals surface area contributed by atoms with Crippen LogP contribution >= 0.6 is 0 Å². The molecule has 1 aromatic carbocycles. The summed E-state index contributed by atoms with van der Waals surface area (Å²) >= 11 is 0. The van der Waals surface area contributed by atoms with Crippen LogP contribution in [0.2, 0.25) is 0 Å². The highest BCUT2D eigenvalue weighted by atomic mass is 16.2. The maximum atomic E-state index is 12.7. The summed E-state index contributed by atoms with van der Waals surface area (Å²) in [5.74, 6) is -0.168. The van der Waals surface area contributed by atoms with Crippen LogP contribution in [0.25, 0.3) is 10.9 Å². The predicted molar refractivity (Wildman–Crippen MR) is 101 cm³/mol. The fourth-order valence-corrected chi connectivity index (χ4v) is 3.59. The third kappa shape index (κ3) is 3.44. The lowest BCUT2D eigenvalue weighted by Gasteiger charge is -2.34.